The van der Waals surface area contributed by atoms with Crippen LogP contribution in [0, 0.1) is 29.6 Å². The van der Waals surface area contributed by atoms with Crippen LogP contribution in [0.1, 0.15) is 54.4 Å². The van der Waals surface area contributed by atoms with Gasteiger partial charge in [0.15, 0.2) is 5.78 Å². The Morgan fingerprint density at radius 1 is 1.04 bits per heavy atom. The predicted octanol–water partition coefficient (Wildman–Crippen LogP) is 2.74. The van der Waals surface area contributed by atoms with Gasteiger partial charge in [-0.1, -0.05) is 46.8 Å². The molecule has 0 radical (unpaired) electrons. The van der Waals surface area contributed by atoms with Gasteiger partial charge in [-0.15, -0.1) is 0 Å². The molecule has 8 atom stereocenters. The minimum absolute atomic E-state index is 0.0432. The smallest absolute Gasteiger partial charge is 0.316 e. The molecule has 0 aromatic heterocycles. The molecule has 8 unspecified atom stereocenters. The van der Waals surface area contributed by atoms with Crippen LogP contribution in [0.15, 0.2) is 12.2 Å². The topological polar surface area (TPSA) is 83.8 Å². The fraction of sp³-hybridized carbons (Fsp3) is 0.800. The number of carbonyl (C=O) groups is 2. The normalized spacial score (nSPS) is 41.9. The molecule has 0 saturated heterocycles. The summed E-state index contributed by atoms with van der Waals surface area (Å²) in [5.41, 5.74) is 0. The lowest BCUT2D eigenvalue weighted by Gasteiger charge is -2.30. The SMILES string of the molecule is CCC1OC(=O)C(C)C(=O)C(C)C(O)C(C)CC(C)C(O)C=CC1C. The van der Waals surface area contributed by atoms with E-state index in [1.807, 2.05) is 33.8 Å². The monoisotopic (exact) mass is 354 g/mol. The first-order valence-electron chi connectivity index (χ1n) is 9.38. The van der Waals surface area contributed by atoms with Gasteiger partial charge in [0.2, 0.25) is 0 Å². The average Bonchev–Trinajstić information content (AvgIpc) is 2.59. The maximum absolute atomic E-state index is 12.6. The van der Waals surface area contributed by atoms with Gasteiger partial charge in [-0.25, -0.2) is 0 Å². The van der Waals surface area contributed by atoms with Crippen molar-refractivity contribution in [1.29, 1.82) is 0 Å². The lowest BCUT2D eigenvalue weighted by Crippen LogP contribution is -2.39. The maximum Gasteiger partial charge on any atom is 0.316 e. The molecule has 1 rings (SSSR count). The molecule has 0 aliphatic carbocycles. The minimum Gasteiger partial charge on any atom is -0.461 e. The number of rotatable bonds is 1. The molecule has 144 valence electrons. The van der Waals surface area contributed by atoms with Gasteiger partial charge in [0, 0.05) is 11.8 Å². The number of Topliss-reactive ketones (excluding diaryl/α,β-unsaturated/α-hetero) is 1. The fourth-order valence-electron chi connectivity index (χ4n) is 3.45. The summed E-state index contributed by atoms with van der Waals surface area (Å²) in [6, 6.07) is 0. The molecule has 5 heteroatoms. The molecular formula is C20H34O5. The summed E-state index contributed by atoms with van der Waals surface area (Å²) in [6.07, 6.45) is 2.99. The molecule has 0 aromatic rings. The molecule has 1 aliphatic rings. The largest absolute Gasteiger partial charge is 0.461 e. The summed E-state index contributed by atoms with van der Waals surface area (Å²) in [7, 11) is 0. The maximum atomic E-state index is 12.6. The highest BCUT2D eigenvalue weighted by molar-refractivity contribution is 5.99. The molecule has 1 heterocycles. The molecule has 0 bridgehead atoms. The third-order valence-corrected chi connectivity index (χ3v) is 5.52. The van der Waals surface area contributed by atoms with Gasteiger partial charge in [0.25, 0.3) is 0 Å². The van der Waals surface area contributed by atoms with Crippen LogP contribution in [0.3, 0.4) is 0 Å². The van der Waals surface area contributed by atoms with Crippen LogP contribution in [0.25, 0.3) is 0 Å². The molecule has 0 saturated carbocycles. The summed E-state index contributed by atoms with van der Waals surface area (Å²) >= 11 is 0. The van der Waals surface area contributed by atoms with Crippen molar-refractivity contribution in [2.75, 3.05) is 0 Å². The molecule has 0 fully saturated rings. The van der Waals surface area contributed by atoms with Crippen LogP contribution in [0.2, 0.25) is 0 Å². The first-order valence-corrected chi connectivity index (χ1v) is 9.38. The summed E-state index contributed by atoms with van der Waals surface area (Å²) in [6.45, 7) is 10.9. The standard InChI is InChI=1S/C20H34O5/c1-7-17-11(2)8-9-16(21)12(3)10-13(4)18(22)14(5)19(23)15(6)20(24)25-17/h8-9,11-18,21-22H,7,10H2,1-6H3. The predicted molar refractivity (Wildman–Crippen MR) is 96.8 cm³/mol. The zero-order valence-electron chi connectivity index (χ0n) is 16.3. The van der Waals surface area contributed by atoms with Crippen molar-refractivity contribution in [1.82, 2.24) is 0 Å². The van der Waals surface area contributed by atoms with E-state index in [1.165, 1.54) is 0 Å². The molecule has 5 nitrogen and oxygen atoms in total. The number of hydrogen-bond donors (Lipinski definition) is 2. The number of aliphatic hydroxyl groups is 2. The van der Waals surface area contributed by atoms with Gasteiger partial charge in [0.05, 0.1) is 12.2 Å². The van der Waals surface area contributed by atoms with Crippen LogP contribution in [-0.2, 0) is 14.3 Å². The van der Waals surface area contributed by atoms with E-state index in [-0.39, 0.29) is 29.6 Å². The number of cyclic esters (lactones) is 1. The van der Waals surface area contributed by atoms with E-state index in [4.69, 9.17) is 4.74 Å². The molecule has 0 spiro atoms. The second kappa shape index (κ2) is 9.48. The summed E-state index contributed by atoms with van der Waals surface area (Å²) in [5, 5.41) is 20.8. The van der Waals surface area contributed by atoms with Gasteiger partial charge in [-0.2, -0.15) is 0 Å². The Balaban J connectivity index is 3.14. The number of hydrogen-bond acceptors (Lipinski definition) is 5. The van der Waals surface area contributed by atoms with Crippen LogP contribution in [0.4, 0.5) is 0 Å². The Bertz CT molecular complexity index is 486. The lowest BCUT2D eigenvalue weighted by molar-refractivity contribution is -0.159. The molecular weight excluding hydrogens is 320 g/mol. The van der Waals surface area contributed by atoms with Crippen LogP contribution in [0.5, 0.6) is 0 Å². The van der Waals surface area contributed by atoms with E-state index in [2.05, 4.69) is 0 Å². The number of carbonyl (C=O) groups excluding carboxylic acids is 2. The fourth-order valence-corrected chi connectivity index (χ4v) is 3.45. The first kappa shape index (κ1) is 21.8. The van der Waals surface area contributed by atoms with Crippen LogP contribution < -0.4 is 0 Å². The van der Waals surface area contributed by atoms with Crippen molar-refractivity contribution in [3.8, 4) is 0 Å². The number of ketones is 1. The highest BCUT2D eigenvalue weighted by Gasteiger charge is 2.35. The number of esters is 1. The Labute approximate surface area is 151 Å². The third kappa shape index (κ3) is 5.65. The van der Waals surface area contributed by atoms with Crippen molar-refractivity contribution < 1.29 is 24.5 Å². The van der Waals surface area contributed by atoms with E-state index in [0.29, 0.717) is 12.8 Å². The second-order valence-electron chi connectivity index (χ2n) is 7.71. The minimum atomic E-state index is -0.895. The van der Waals surface area contributed by atoms with E-state index >= 15 is 0 Å². The molecule has 1 aliphatic heterocycles. The van der Waals surface area contributed by atoms with E-state index in [0.717, 1.165) is 0 Å². The van der Waals surface area contributed by atoms with Crippen molar-refractivity contribution in [2.24, 2.45) is 29.6 Å². The summed E-state index contributed by atoms with van der Waals surface area (Å²) in [4.78, 5) is 24.9. The van der Waals surface area contributed by atoms with Gasteiger partial charge in [0.1, 0.15) is 12.0 Å². The Hall–Kier alpha value is -1.20. The number of ether oxygens (including phenoxy) is 1. The summed E-state index contributed by atoms with van der Waals surface area (Å²) < 4.78 is 5.54. The van der Waals surface area contributed by atoms with Crippen molar-refractivity contribution in [3.63, 3.8) is 0 Å². The van der Waals surface area contributed by atoms with Gasteiger partial charge in [-0.3, -0.25) is 9.59 Å². The van der Waals surface area contributed by atoms with Crippen molar-refractivity contribution in [2.45, 2.75) is 72.7 Å². The van der Waals surface area contributed by atoms with E-state index < -0.39 is 30.0 Å². The van der Waals surface area contributed by atoms with Crippen molar-refractivity contribution >= 4 is 11.8 Å². The van der Waals surface area contributed by atoms with Gasteiger partial charge >= 0.3 is 5.97 Å². The third-order valence-electron chi connectivity index (χ3n) is 5.52. The van der Waals surface area contributed by atoms with Crippen LogP contribution in [-0.4, -0.2) is 40.3 Å². The molecule has 2 N–H and O–H groups in total. The van der Waals surface area contributed by atoms with Gasteiger partial charge < -0.3 is 14.9 Å². The number of aliphatic hydroxyl groups excluding tert-OH is 2. The molecule has 0 amide bonds. The average molecular weight is 354 g/mol. The molecule has 25 heavy (non-hydrogen) atoms. The zero-order valence-corrected chi connectivity index (χ0v) is 16.3. The van der Waals surface area contributed by atoms with E-state index in [9.17, 15) is 19.8 Å². The Morgan fingerprint density at radius 2 is 1.64 bits per heavy atom. The quantitative estimate of drug-likeness (QED) is 0.430. The second-order valence-corrected chi connectivity index (χ2v) is 7.71. The lowest BCUT2D eigenvalue weighted by atomic mass is 9.81. The Kier molecular flexibility index (Phi) is 8.29. The van der Waals surface area contributed by atoms with E-state index in [1.54, 1.807) is 19.9 Å². The van der Waals surface area contributed by atoms with Crippen molar-refractivity contribution in [3.05, 3.63) is 12.2 Å². The first-order chi connectivity index (χ1) is 11.6. The highest BCUT2D eigenvalue weighted by Crippen LogP contribution is 2.26. The Morgan fingerprint density at radius 3 is 2.20 bits per heavy atom. The van der Waals surface area contributed by atoms with Gasteiger partial charge in [-0.05, 0) is 31.6 Å². The summed E-state index contributed by atoms with van der Waals surface area (Å²) in [5.74, 6) is -2.66. The van der Waals surface area contributed by atoms with Crippen LogP contribution >= 0.6 is 0 Å². The molecule has 0 aromatic carbocycles. The highest BCUT2D eigenvalue weighted by atomic mass is 16.5. The zero-order chi connectivity index (χ0) is 19.3.